The lowest BCUT2D eigenvalue weighted by Gasteiger charge is -2.17. The smallest absolute Gasteiger partial charge is 0.251 e. The van der Waals surface area contributed by atoms with Crippen LogP contribution in [0.15, 0.2) is 24.3 Å². The minimum Gasteiger partial charge on any atom is -0.493 e. The summed E-state index contributed by atoms with van der Waals surface area (Å²) < 4.78 is 5.54. The highest BCUT2D eigenvalue weighted by atomic mass is 16.5. The zero-order chi connectivity index (χ0) is 14.5. The Kier molecular flexibility index (Phi) is 5.36. The van der Waals surface area contributed by atoms with Gasteiger partial charge in [0.1, 0.15) is 5.75 Å². The van der Waals surface area contributed by atoms with E-state index in [0.717, 1.165) is 5.75 Å². The quantitative estimate of drug-likeness (QED) is 0.829. The average molecular weight is 265 g/mol. The summed E-state index contributed by atoms with van der Waals surface area (Å²) in [6.45, 7) is 8.34. The largest absolute Gasteiger partial charge is 0.493 e. The van der Waals surface area contributed by atoms with E-state index in [-0.39, 0.29) is 12.5 Å². The SMILES string of the molecule is CC(C)COc1ccc(C(=O)NCC(C)(C)O)cc1. The number of hydrogen-bond acceptors (Lipinski definition) is 3. The Morgan fingerprint density at radius 2 is 1.89 bits per heavy atom. The third-order valence-electron chi connectivity index (χ3n) is 2.38. The molecule has 0 aliphatic carbocycles. The van der Waals surface area contributed by atoms with E-state index < -0.39 is 5.60 Å². The number of amides is 1. The number of nitrogens with one attached hydrogen (secondary N) is 1. The predicted molar refractivity (Wildman–Crippen MR) is 75.4 cm³/mol. The van der Waals surface area contributed by atoms with Crippen LogP contribution in [0.3, 0.4) is 0 Å². The summed E-state index contributed by atoms with van der Waals surface area (Å²) >= 11 is 0. The number of hydrogen-bond donors (Lipinski definition) is 2. The van der Waals surface area contributed by atoms with Crippen molar-refractivity contribution >= 4 is 5.91 Å². The van der Waals surface area contributed by atoms with Crippen molar-refractivity contribution in [2.75, 3.05) is 13.2 Å². The summed E-state index contributed by atoms with van der Waals surface area (Å²) in [5.41, 5.74) is -0.350. The molecule has 1 rings (SSSR count). The van der Waals surface area contributed by atoms with Crippen molar-refractivity contribution in [3.8, 4) is 5.75 Å². The second-order valence-electron chi connectivity index (χ2n) is 5.72. The molecule has 19 heavy (non-hydrogen) atoms. The van der Waals surface area contributed by atoms with Gasteiger partial charge >= 0.3 is 0 Å². The molecule has 0 radical (unpaired) electrons. The lowest BCUT2D eigenvalue weighted by Crippen LogP contribution is -2.38. The van der Waals surface area contributed by atoms with Crippen LogP contribution in [0.5, 0.6) is 5.75 Å². The first-order valence-electron chi connectivity index (χ1n) is 6.51. The van der Waals surface area contributed by atoms with Gasteiger partial charge in [0, 0.05) is 12.1 Å². The van der Waals surface area contributed by atoms with Crippen molar-refractivity contribution in [1.82, 2.24) is 5.32 Å². The fourth-order valence-corrected chi connectivity index (χ4v) is 1.36. The Balaban J connectivity index is 2.53. The zero-order valence-electron chi connectivity index (χ0n) is 12.1. The second kappa shape index (κ2) is 6.57. The minimum absolute atomic E-state index is 0.197. The van der Waals surface area contributed by atoms with Crippen LogP contribution in [-0.2, 0) is 0 Å². The van der Waals surface area contributed by atoms with E-state index in [1.165, 1.54) is 0 Å². The van der Waals surface area contributed by atoms with Gasteiger partial charge in [-0.1, -0.05) is 13.8 Å². The Labute approximate surface area is 114 Å². The Hall–Kier alpha value is -1.55. The molecule has 1 aromatic rings. The Morgan fingerprint density at radius 3 is 2.37 bits per heavy atom. The van der Waals surface area contributed by atoms with E-state index in [9.17, 15) is 9.90 Å². The van der Waals surface area contributed by atoms with Gasteiger partial charge in [-0.2, -0.15) is 0 Å². The Morgan fingerprint density at radius 1 is 1.32 bits per heavy atom. The summed E-state index contributed by atoms with van der Waals surface area (Å²) in [5.74, 6) is 1.03. The fourth-order valence-electron chi connectivity index (χ4n) is 1.36. The third kappa shape index (κ3) is 6.25. The number of aliphatic hydroxyl groups is 1. The van der Waals surface area contributed by atoms with Gasteiger partial charge in [-0.05, 0) is 44.0 Å². The van der Waals surface area contributed by atoms with E-state index in [4.69, 9.17) is 4.74 Å². The number of carbonyl (C=O) groups is 1. The van der Waals surface area contributed by atoms with E-state index in [2.05, 4.69) is 19.2 Å². The molecular formula is C15H23NO3. The Bertz CT molecular complexity index is 404. The zero-order valence-corrected chi connectivity index (χ0v) is 12.1. The van der Waals surface area contributed by atoms with Crippen molar-refractivity contribution < 1.29 is 14.6 Å². The van der Waals surface area contributed by atoms with Crippen LogP contribution < -0.4 is 10.1 Å². The number of benzene rings is 1. The molecule has 0 unspecified atom stereocenters. The molecule has 106 valence electrons. The topological polar surface area (TPSA) is 58.6 Å². The van der Waals surface area contributed by atoms with Crippen LogP contribution in [0.1, 0.15) is 38.1 Å². The molecule has 0 bridgehead atoms. The van der Waals surface area contributed by atoms with Crippen LogP contribution in [0.4, 0.5) is 0 Å². The molecule has 1 amide bonds. The van der Waals surface area contributed by atoms with Gasteiger partial charge in [-0.25, -0.2) is 0 Å². The van der Waals surface area contributed by atoms with Crippen LogP contribution in [0.2, 0.25) is 0 Å². The highest BCUT2D eigenvalue weighted by Crippen LogP contribution is 2.13. The maximum absolute atomic E-state index is 11.8. The summed E-state index contributed by atoms with van der Waals surface area (Å²) in [6, 6.07) is 6.99. The van der Waals surface area contributed by atoms with E-state index in [1.807, 2.05) is 0 Å². The van der Waals surface area contributed by atoms with Gasteiger partial charge in [0.05, 0.1) is 12.2 Å². The van der Waals surface area contributed by atoms with E-state index in [0.29, 0.717) is 18.1 Å². The normalized spacial score (nSPS) is 11.5. The number of ether oxygens (including phenoxy) is 1. The monoisotopic (exact) mass is 265 g/mol. The minimum atomic E-state index is -0.907. The van der Waals surface area contributed by atoms with Gasteiger partial charge in [0.25, 0.3) is 5.91 Å². The van der Waals surface area contributed by atoms with Gasteiger partial charge in [0.15, 0.2) is 0 Å². The lowest BCUT2D eigenvalue weighted by atomic mass is 10.1. The fraction of sp³-hybridized carbons (Fsp3) is 0.533. The van der Waals surface area contributed by atoms with Crippen molar-refractivity contribution in [1.29, 1.82) is 0 Å². The molecule has 0 fully saturated rings. The first-order chi connectivity index (χ1) is 8.78. The highest BCUT2D eigenvalue weighted by Gasteiger charge is 2.14. The second-order valence-corrected chi connectivity index (χ2v) is 5.72. The summed E-state index contributed by atoms with van der Waals surface area (Å²) in [6.07, 6.45) is 0. The van der Waals surface area contributed by atoms with Gasteiger partial charge in [-0.15, -0.1) is 0 Å². The summed E-state index contributed by atoms with van der Waals surface area (Å²) in [7, 11) is 0. The van der Waals surface area contributed by atoms with Crippen LogP contribution in [-0.4, -0.2) is 29.8 Å². The average Bonchev–Trinajstić information content (AvgIpc) is 2.33. The van der Waals surface area contributed by atoms with E-state index in [1.54, 1.807) is 38.1 Å². The van der Waals surface area contributed by atoms with Crippen molar-refractivity contribution in [2.24, 2.45) is 5.92 Å². The predicted octanol–water partition coefficient (Wildman–Crippen LogP) is 2.22. The standard InChI is InChI=1S/C15H23NO3/c1-11(2)9-19-13-7-5-12(6-8-13)14(17)16-10-15(3,4)18/h5-8,11,18H,9-10H2,1-4H3,(H,16,17). The van der Waals surface area contributed by atoms with Crippen molar-refractivity contribution in [2.45, 2.75) is 33.3 Å². The maximum Gasteiger partial charge on any atom is 0.251 e. The number of rotatable bonds is 6. The van der Waals surface area contributed by atoms with Crippen molar-refractivity contribution in [3.05, 3.63) is 29.8 Å². The molecule has 4 nitrogen and oxygen atoms in total. The molecule has 0 saturated carbocycles. The molecule has 4 heteroatoms. The van der Waals surface area contributed by atoms with Gasteiger partial charge < -0.3 is 15.2 Å². The van der Waals surface area contributed by atoms with Crippen LogP contribution in [0.25, 0.3) is 0 Å². The molecule has 0 aromatic heterocycles. The molecule has 0 saturated heterocycles. The van der Waals surface area contributed by atoms with Crippen LogP contribution in [0, 0.1) is 5.92 Å². The summed E-state index contributed by atoms with van der Waals surface area (Å²) in [5, 5.41) is 12.2. The van der Waals surface area contributed by atoms with Gasteiger partial charge in [0.2, 0.25) is 0 Å². The third-order valence-corrected chi connectivity index (χ3v) is 2.38. The molecule has 1 aromatic carbocycles. The van der Waals surface area contributed by atoms with Crippen LogP contribution >= 0.6 is 0 Å². The molecular weight excluding hydrogens is 242 g/mol. The highest BCUT2D eigenvalue weighted by molar-refractivity contribution is 5.94. The molecule has 0 heterocycles. The molecule has 0 aliphatic rings. The van der Waals surface area contributed by atoms with Gasteiger partial charge in [-0.3, -0.25) is 4.79 Å². The molecule has 0 aliphatic heterocycles. The molecule has 0 atom stereocenters. The lowest BCUT2D eigenvalue weighted by molar-refractivity contribution is 0.0694. The maximum atomic E-state index is 11.8. The first kappa shape index (κ1) is 15.5. The molecule has 2 N–H and O–H groups in total. The first-order valence-corrected chi connectivity index (χ1v) is 6.51. The summed E-state index contributed by atoms with van der Waals surface area (Å²) in [4.78, 5) is 11.8. The van der Waals surface area contributed by atoms with Crippen molar-refractivity contribution in [3.63, 3.8) is 0 Å². The van der Waals surface area contributed by atoms with E-state index >= 15 is 0 Å². The molecule has 0 spiro atoms. The number of carbonyl (C=O) groups excluding carboxylic acids is 1.